The zero-order valence-electron chi connectivity index (χ0n) is 12.1. The van der Waals surface area contributed by atoms with Gasteiger partial charge in [0.2, 0.25) is 0 Å². The molecule has 2 saturated carbocycles. The largest absolute Gasteiger partial charge is 0.394 e. The van der Waals surface area contributed by atoms with E-state index in [1.807, 2.05) is 6.92 Å². The van der Waals surface area contributed by atoms with Crippen LogP contribution in [-0.2, 0) is 0 Å². The van der Waals surface area contributed by atoms with Crippen LogP contribution in [0.3, 0.4) is 0 Å². The van der Waals surface area contributed by atoms with Crippen molar-refractivity contribution in [3.8, 4) is 0 Å². The number of nitrogens with one attached hydrogen (secondary N) is 2. The van der Waals surface area contributed by atoms with Gasteiger partial charge < -0.3 is 5.32 Å². The first-order valence-corrected chi connectivity index (χ1v) is 7.35. The summed E-state index contributed by atoms with van der Waals surface area (Å²) >= 11 is 0. The first-order chi connectivity index (χ1) is 10.3. The Morgan fingerprint density at radius 1 is 1.18 bits per heavy atom. The molecular weight excluding hydrogens is 295 g/mol. The number of alkyl halides is 3. The molecule has 8 heteroatoms. The molecule has 22 heavy (non-hydrogen) atoms. The summed E-state index contributed by atoms with van der Waals surface area (Å²) in [4.78, 5) is 8.31. The molecule has 0 radical (unpaired) electrons. The summed E-state index contributed by atoms with van der Waals surface area (Å²) < 4.78 is 40.1. The second kappa shape index (κ2) is 4.11. The molecule has 2 heterocycles. The highest BCUT2D eigenvalue weighted by Crippen LogP contribution is 2.64. The molecule has 2 bridgehead atoms. The van der Waals surface area contributed by atoms with Gasteiger partial charge in [-0.25, -0.2) is 9.97 Å². The first-order valence-electron chi connectivity index (χ1n) is 7.35. The third-order valence-electron chi connectivity index (χ3n) is 5.36. The Hall–Kier alpha value is -1.86. The number of aromatic amines is 1. The van der Waals surface area contributed by atoms with Crippen molar-refractivity contribution >= 4 is 16.9 Å². The fourth-order valence-corrected chi connectivity index (χ4v) is 4.11. The van der Waals surface area contributed by atoms with E-state index in [1.165, 1.54) is 6.33 Å². The van der Waals surface area contributed by atoms with E-state index in [-0.39, 0.29) is 19.3 Å². The van der Waals surface area contributed by atoms with Crippen LogP contribution in [0.2, 0.25) is 0 Å². The lowest BCUT2D eigenvalue weighted by Gasteiger charge is -2.30. The summed E-state index contributed by atoms with van der Waals surface area (Å²) in [6.07, 6.45) is -1.16. The molecule has 2 aromatic heterocycles. The van der Waals surface area contributed by atoms with Gasteiger partial charge in [0.05, 0.1) is 10.8 Å². The molecule has 4 rings (SSSR count). The molecule has 0 amide bonds. The number of anilines is 1. The first kappa shape index (κ1) is 13.8. The zero-order chi connectivity index (χ0) is 15.6. The molecule has 0 saturated heterocycles. The van der Waals surface area contributed by atoms with Crippen LogP contribution >= 0.6 is 0 Å². The van der Waals surface area contributed by atoms with E-state index in [2.05, 4.69) is 25.5 Å². The molecule has 118 valence electrons. The number of hydrogen-bond acceptors (Lipinski definition) is 4. The van der Waals surface area contributed by atoms with Gasteiger partial charge in [-0.1, -0.05) is 0 Å². The van der Waals surface area contributed by atoms with E-state index in [4.69, 9.17) is 0 Å². The van der Waals surface area contributed by atoms with Crippen molar-refractivity contribution < 1.29 is 13.2 Å². The summed E-state index contributed by atoms with van der Waals surface area (Å²) in [7, 11) is 0. The number of rotatable bonds is 2. The lowest BCUT2D eigenvalue weighted by atomic mass is 9.83. The SMILES string of the molecule is Cc1[nH]nc2ncnc(NC34CCC(C(F)(F)F)(CC3)C4)c12. The van der Waals surface area contributed by atoms with Crippen molar-refractivity contribution in [3.05, 3.63) is 12.0 Å². The topological polar surface area (TPSA) is 66.5 Å². The lowest BCUT2D eigenvalue weighted by Crippen LogP contribution is -2.34. The molecule has 0 aromatic carbocycles. The molecule has 0 aliphatic heterocycles. The highest BCUT2D eigenvalue weighted by molar-refractivity contribution is 5.88. The van der Waals surface area contributed by atoms with Crippen molar-refractivity contribution in [2.45, 2.75) is 50.7 Å². The van der Waals surface area contributed by atoms with Crippen molar-refractivity contribution in [2.75, 3.05) is 5.32 Å². The predicted octanol–water partition coefficient (Wildman–Crippen LogP) is 3.34. The summed E-state index contributed by atoms with van der Waals surface area (Å²) in [6, 6.07) is 0. The Morgan fingerprint density at radius 2 is 1.91 bits per heavy atom. The molecule has 2 aromatic rings. The Labute approximate surface area is 124 Å². The predicted molar refractivity (Wildman–Crippen MR) is 74.3 cm³/mol. The van der Waals surface area contributed by atoms with Crippen LogP contribution in [0.5, 0.6) is 0 Å². The van der Waals surface area contributed by atoms with Gasteiger partial charge in [-0.05, 0) is 39.0 Å². The minimum absolute atomic E-state index is 0.131. The molecule has 2 aliphatic carbocycles. The van der Waals surface area contributed by atoms with Gasteiger partial charge in [-0.2, -0.15) is 18.3 Å². The smallest absolute Gasteiger partial charge is 0.364 e. The fraction of sp³-hybridized carbons (Fsp3) is 0.643. The number of fused-ring (bicyclic) bond motifs is 3. The van der Waals surface area contributed by atoms with Crippen LogP contribution < -0.4 is 5.32 Å². The number of hydrogen-bond donors (Lipinski definition) is 2. The van der Waals surface area contributed by atoms with Crippen LogP contribution in [-0.4, -0.2) is 31.9 Å². The average molecular weight is 311 g/mol. The Kier molecular flexibility index (Phi) is 2.57. The second-order valence-electron chi connectivity index (χ2n) is 6.63. The van der Waals surface area contributed by atoms with Gasteiger partial charge in [-0.15, -0.1) is 0 Å². The van der Waals surface area contributed by atoms with E-state index in [1.54, 1.807) is 0 Å². The molecule has 2 N–H and O–H groups in total. The molecule has 0 unspecified atom stereocenters. The van der Waals surface area contributed by atoms with Crippen LogP contribution in [0, 0.1) is 12.3 Å². The maximum atomic E-state index is 13.4. The maximum absolute atomic E-state index is 13.4. The minimum atomic E-state index is -4.13. The monoisotopic (exact) mass is 311 g/mol. The summed E-state index contributed by atoms with van der Waals surface area (Å²) in [5.41, 5.74) is -0.685. The summed E-state index contributed by atoms with van der Waals surface area (Å²) in [5.74, 6) is 0.580. The molecule has 5 nitrogen and oxygen atoms in total. The summed E-state index contributed by atoms with van der Waals surface area (Å²) in [5, 5.41) is 11.0. The second-order valence-corrected chi connectivity index (χ2v) is 6.63. The fourth-order valence-electron chi connectivity index (χ4n) is 4.11. The van der Waals surface area contributed by atoms with Crippen LogP contribution in [0.25, 0.3) is 11.0 Å². The normalized spacial score (nSPS) is 31.1. The van der Waals surface area contributed by atoms with Crippen LogP contribution in [0.15, 0.2) is 6.33 Å². The zero-order valence-corrected chi connectivity index (χ0v) is 12.1. The maximum Gasteiger partial charge on any atom is 0.394 e. The molecule has 0 spiro atoms. The standard InChI is InChI=1S/C14H16F3N5/c1-8-9-10(18-7-19-11(9)22-21-8)20-13-4-2-12(6-13,3-5-13)14(15,16)17/h7H,2-6H2,1H3,(H2,18,19,20,21,22). The third kappa shape index (κ3) is 1.75. The van der Waals surface area contributed by atoms with Crippen molar-refractivity contribution in [1.82, 2.24) is 20.2 Å². The number of H-pyrrole nitrogens is 1. The molecular formula is C14H16F3N5. The van der Waals surface area contributed by atoms with E-state index in [9.17, 15) is 13.2 Å². The lowest BCUT2D eigenvalue weighted by molar-refractivity contribution is -0.220. The highest BCUT2D eigenvalue weighted by Gasteiger charge is 2.66. The third-order valence-corrected chi connectivity index (χ3v) is 5.36. The van der Waals surface area contributed by atoms with E-state index < -0.39 is 17.1 Å². The summed E-state index contributed by atoms with van der Waals surface area (Å²) in [6.45, 7) is 1.85. The molecule has 2 fully saturated rings. The van der Waals surface area contributed by atoms with Gasteiger partial charge in [0.15, 0.2) is 5.65 Å². The Balaban J connectivity index is 1.69. The average Bonchev–Trinajstić information content (AvgIpc) is 3.11. The van der Waals surface area contributed by atoms with E-state index in [0.29, 0.717) is 24.3 Å². The number of nitrogens with zero attached hydrogens (tertiary/aromatic N) is 3. The van der Waals surface area contributed by atoms with Gasteiger partial charge in [0.1, 0.15) is 12.1 Å². The van der Waals surface area contributed by atoms with Gasteiger partial charge in [-0.3, -0.25) is 5.10 Å². The van der Waals surface area contributed by atoms with Crippen molar-refractivity contribution in [3.63, 3.8) is 0 Å². The minimum Gasteiger partial charge on any atom is -0.364 e. The number of halogens is 3. The van der Waals surface area contributed by atoms with Crippen LogP contribution in [0.1, 0.15) is 37.8 Å². The van der Waals surface area contributed by atoms with Gasteiger partial charge in [0.25, 0.3) is 0 Å². The quantitative estimate of drug-likeness (QED) is 0.892. The number of aromatic nitrogens is 4. The Morgan fingerprint density at radius 3 is 2.55 bits per heavy atom. The van der Waals surface area contributed by atoms with Crippen molar-refractivity contribution in [1.29, 1.82) is 0 Å². The Bertz CT molecular complexity index is 728. The van der Waals surface area contributed by atoms with Gasteiger partial charge in [0, 0.05) is 11.2 Å². The van der Waals surface area contributed by atoms with Crippen LogP contribution in [0.4, 0.5) is 19.0 Å². The van der Waals surface area contributed by atoms with E-state index in [0.717, 1.165) is 11.1 Å². The van der Waals surface area contributed by atoms with E-state index >= 15 is 0 Å². The molecule has 0 atom stereocenters. The molecule has 2 aliphatic rings. The van der Waals surface area contributed by atoms with Gasteiger partial charge >= 0.3 is 6.18 Å². The number of aryl methyl sites for hydroxylation is 1. The van der Waals surface area contributed by atoms with Crippen molar-refractivity contribution in [2.24, 2.45) is 5.41 Å². The highest BCUT2D eigenvalue weighted by atomic mass is 19.4.